The van der Waals surface area contributed by atoms with E-state index in [1.54, 1.807) is 13.2 Å². The first-order chi connectivity index (χ1) is 7.51. The van der Waals surface area contributed by atoms with E-state index in [0.29, 0.717) is 13.0 Å². The van der Waals surface area contributed by atoms with E-state index in [9.17, 15) is 8.42 Å². The summed E-state index contributed by atoms with van der Waals surface area (Å²) in [6.45, 7) is 0.559. The Morgan fingerprint density at radius 3 is 2.88 bits per heavy atom. The van der Waals surface area contributed by atoms with E-state index in [0.717, 1.165) is 11.5 Å². The minimum Gasteiger partial charge on any atom is -0.385 e. The minimum atomic E-state index is -3.36. The second-order valence-corrected chi connectivity index (χ2v) is 5.06. The van der Waals surface area contributed by atoms with Crippen molar-refractivity contribution in [2.24, 2.45) is 5.14 Å². The SMILES string of the molecule is CNc1cc(NCCCS(N)(=O)=O)ccn1. The summed E-state index contributed by atoms with van der Waals surface area (Å²) in [5.74, 6) is 0.751. The Labute approximate surface area is 95.3 Å². The van der Waals surface area contributed by atoms with Crippen molar-refractivity contribution in [3.05, 3.63) is 18.3 Å². The molecule has 0 radical (unpaired) electrons. The van der Waals surface area contributed by atoms with Crippen LogP contribution in [0.15, 0.2) is 18.3 Å². The van der Waals surface area contributed by atoms with Crippen LogP contribution in [-0.4, -0.2) is 32.7 Å². The fourth-order valence-corrected chi connectivity index (χ4v) is 1.73. The molecule has 0 aliphatic rings. The first-order valence-corrected chi connectivity index (χ1v) is 6.61. The van der Waals surface area contributed by atoms with Crippen LogP contribution in [0.3, 0.4) is 0 Å². The monoisotopic (exact) mass is 244 g/mol. The van der Waals surface area contributed by atoms with E-state index in [1.807, 2.05) is 12.1 Å². The molecule has 0 fully saturated rings. The summed E-state index contributed by atoms with van der Waals surface area (Å²) in [5.41, 5.74) is 0.897. The number of aromatic nitrogens is 1. The number of nitrogens with zero attached hydrogens (tertiary/aromatic N) is 1. The number of sulfonamides is 1. The number of anilines is 2. The van der Waals surface area contributed by atoms with Crippen molar-refractivity contribution >= 4 is 21.5 Å². The molecule has 0 aliphatic carbocycles. The van der Waals surface area contributed by atoms with Gasteiger partial charge >= 0.3 is 0 Å². The van der Waals surface area contributed by atoms with Crippen LogP contribution in [0.5, 0.6) is 0 Å². The maximum Gasteiger partial charge on any atom is 0.209 e. The molecule has 0 saturated carbocycles. The lowest BCUT2D eigenvalue weighted by atomic mass is 10.3. The molecule has 7 heteroatoms. The van der Waals surface area contributed by atoms with Crippen molar-refractivity contribution in [2.75, 3.05) is 30.0 Å². The van der Waals surface area contributed by atoms with Gasteiger partial charge in [-0.2, -0.15) is 0 Å². The van der Waals surface area contributed by atoms with Crippen molar-refractivity contribution in [3.63, 3.8) is 0 Å². The van der Waals surface area contributed by atoms with Crippen LogP contribution >= 0.6 is 0 Å². The second kappa shape index (κ2) is 5.66. The van der Waals surface area contributed by atoms with Crippen LogP contribution in [0.1, 0.15) is 6.42 Å². The normalized spacial score (nSPS) is 11.1. The van der Waals surface area contributed by atoms with Crippen LogP contribution in [0.4, 0.5) is 11.5 Å². The van der Waals surface area contributed by atoms with Crippen molar-refractivity contribution < 1.29 is 8.42 Å². The molecule has 4 N–H and O–H groups in total. The highest BCUT2D eigenvalue weighted by Gasteiger charge is 2.01. The second-order valence-electron chi connectivity index (χ2n) is 3.33. The lowest BCUT2D eigenvalue weighted by molar-refractivity contribution is 0.596. The molecular weight excluding hydrogens is 228 g/mol. The van der Waals surface area contributed by atoms with Gasteiger partial charge in [0, 0.05) is 31.5 Å². The Hall–Kier alpha value is -1.34. The quantitative estimate of drug-likeness (QED) is 0.622. The van der Waals surface area contributed by atoms with Crippen LogP contribution in [0.2, 0.25) is 0 Å². The van der Waals surface area contributed by atoms with Gasteiger partial charge in [0.25, 0.3) is 0 Å². The molecule has 0 atom stereocenters. The molecule has 0 bridgehead atoms. The molecule has 0 aliphatic heterocycles. The van der Waals surface area contributed by atoms with Gasteiger partial charge in [-0.25, -0.2) is 18.5 Å². The number of nitrogens with two attached hydrogens (primary N) is 1. The highest BCUT2D eigenvalue weighted by atomic mass is 32.2. The van der Waals surface area contributed by atoms with Crippen molar-refractivity contribution in [2.45, 2.75) is 6.42 Å². The third kappa shape index (κ3) is 4.94. The van der Waals surface area contributed by atoms with Crippen LogP contribution in [0, 0.1) is 0 Å². The highest BCUT2D eigenvalue weighted by Crippen LogP contribution is 2.10. The molecule has 0 spiro atoms. The topological polar surface area (TPSA) is 97.1 Å². The zero-order valence-corrected chi connectivity index (χ0v) is 9.92. The van der Waals surface area contributed by atoms with E-state index >= 15 is 0 Å². The average Bonchev–Trinajstić information content (AvgIpc) is 2.23. The van der Waals surface area contributed by atoms with E-state index in [-0.39, 0.29) is 5.75 Å². The third-order valence-electron chi connectivity index (χ3n) is 1.95. The van der Waals surface area contributed by atoms with Gasteiger partial charge in [-0.05, 0) is 12.5 Å². The first-order valence-electron chi connectivity index (χ1n) is 4.89. The fraction of sp³-hybridized carbons (Fsp3) is 0.444. The zero-order valence-electron chi connectivity index (χ0n) is 9.10. The molecule has 90 valence electrons. The number of pyridine rings is 1. The summed E-state index contributed by atoms with van der Waals surface area (Å²) in [6, 6.07) is 3.66. The average molecular weight is 244 g/mol. The van der Waals surface area contributed by atoms with Crippen LogP contribution < -0.4 is 15.8 Å². The standard InChI is InChI=1S/C9H16N4O2S/c1-11-9-7-8(3-5-13-9)12-4-2-6-16(10,14)15/h3,5,7H,2,4,6H2,1H3,(H2,10,14,15)(H2,11,12,13). The molecule has 6 nitrogen and oxygen atoms in total. The number of hydrogen-bond acceptors (Lipinski definition) is 5. The summed E-state index contributed by atoms with van der Waals surface area (Å²) in [5, 5.41) is 10.9. The predicted molar refractivity (Wildman–Crippen MR) is 64.9 cm³/mol. The molecule has 1 heterocycles. The summed E-state index contributed by atoms with van der Waals surface area (Å²) in [7, 11) is -1.57. The zero-order chi connectivity index (χ0) is 12.0. The number of rotatable bonds is 6. The Bertz CT molecular complexity index is 433. The van der Waals surface area contributed by atoms with E-state index < -0.39 is 10.0 Å². The van der Waals surface area contributed by atoms with Gasteiger partial charge in [0.2, 0.25) is 10.0 Å². The Morgan fingerprint density at radius 2 is 2.25 bits per heavy atom. The number of hydrogen-bond donors (Lipinski definition) is 3. The summed E-state index contributed by atoms with van der Waals surface area (Å²) in [6.07, 6.45) is 2.16. The molecular formula is C9H16N4O2S. The molecule has 1 rings (SSSR count). The smallest absolute Gasteiger partial charge is 0.209 e. The molecule has 0 aromatic carbocycles. The predicted octanol–water partition coefficient (Wildman–Crippen LogP) is 0.214. The van der Waals surface area contributed by atoms with Crippen molar-refractivity contribution in [3.8, 4) is 0 Å². The molecule has 16 heavy (non-hydrogen) atoms. The molecule has 1 aromatic rings. The largest absolute Gasteiger partial charge is 0.385 e. The number of nitrogens with one attached hydrogen (secondary N) is 2. The lowest BCUT2D eigenvalue weighted by Crippen LogP contribution is -2.18. The molecule has 0 saturated heterocycles. The van der Waals surface area contributed by atoms with Gasteiger partial charge in [0.05, 0.1) is 5.75 Å². The lowest BCUT2D eigenvalue weighted by Gasteiger charge is -2.07. The molecule has 0 amide bonds. The van der Waals surface area contributed by atoms with Crippen LogP contribution in [0.25, 0.3) is 0 Å². The van der Waals surface area contributed by atoms with E-state index in [1.165, 1.54) is 0 Å². The maximum absolute atomic E-state index is 10.7. The van der Waals surface area contributed by atoms with Gasteiger partial charge in [0.1, 0.15) is 5.82 Å². The molecule has 1 aromatic heterocycles. The van der Waals surface area contributed by atoms with Gasteiger partial charge < -0.3 is 10.6 Å². The summed E-state index contributed by atoms with van der Waals surface area (Å²) in [4.78, 5) is 4.06. The first kappa shape index (κ1) is 12.7. The van der Waals surface area contributed by atoms with E-state index in [4.69, 9.17) is 5.14 Å². The van der Waals surface area contributed by atoms with Gasteiger partial charge in [-0.3, -0.25) is 0 Å². The minimum absolute atomic E-state index is 0.00995. The van der Waals surface area contributed by atoms with Gasteiger partial charge in [-0.15, -0.1) is 0 Å². The highest BCUT2D eigenvalue weighted by molar-refractivity contribution is 7.89. The Kier molecular flexibility index (Phi) is 4.51. The van der Waals surface area contributed by atoms with E-state index in [2.05, 4.69) is 15.6 Å². The third-order valence-corrected chi connectivity index (χ3v) is 2.81. The Balaban J connectivity index is 2.37. The van der Waals surface area contributed by atoms with Crippen molar-refractivity contribution in [1.29, 1.82) is 0 Å². The van der Waals surface area contributed by atoms with Gasteiger partial charge in [-0.1, -0.05) is 0 Å². The van der Waals surface area contributed by atoms with Crippen LogP contribution in [-0.2, 0) is 10.0 Å². The van der Waals surface area contributed by atoms with Crippen molar-refractivity contribution in [1.82, 2.24) is 4.98 Å². The van der Waals surface area contributed by atoms with Gasteiger partial charge in [0.15, 0.2) is 0 Å². The Morgan fingerprint density at radius 1 is 1.50 bits per heavy atom. The fourth-order valence-electron chi connectivity index (χ4n) is 1.18. The maximum atomic E-state index is 10.7. The molecule has 0 unspecified atom stereocenters. The number of primary sulfonamides is 1. The summed E-state index contributed by atoms with van der Waals surface area (Å²) >= 11 is 0. The summed E-state index contributed by atoms with van der Waals surface area (Å²) < 4.78 is 21.3.